The van der Waals surface area contributed by atoms with Gasteiger partial charge in [0, 0.05) is 0 Å². The van der Waals surface area contributed by atoms with Crippen LogP contribution in [0.5, 0.6) is 0 Å². The molecule has 0 atom stereocenters. The minimum atomic E-state index is 0.456. The lowest BCUT2D eigenvalue weighted by atomic mass is 10.2. The average molecular weight is 128 g/mol. The standard InChI is InChI=1S/C5H12N4/c1-3-4(2)5(8-6)9-7/h6,9H,3,7H2,1-2H3/b5-4-,8-6?. The number of nitrogens with zero attached hydrogens (tertiary/aromatic N) is 1. The van der Waals surface area contributed by atoms with Crippen molar-refractivity contribution in [2.75, 3.05) is 0 Å². The van der Waals surface area contributed by atoms with E-state index >= 15 is 0 Å². The molecule has 0 bridgehead atoms. The second-order valence-corrected chi connectivity index (χ2v) is 1.74. The molecule has 0 aliphatic heterocycles. The van der Waals surface area contributed by atoms with E-state index in [9.17, 15) is 0 Å². The summed E-state index contributed by atoms with van der Waals surface area (Å²) in [5.41, 5.74) is 9.94. The van der Waals surface area contributed by atoms with E-state index in [1.807, 2.05) is 13.8 Å². The summed E-state index contributed by atoms with van der Waals surface area (Å²) in [6, 6.07) is 0. The predicted molar refractivity (Wildman–Crippen MR) is 35.5 cm³/mol. The first-order valence-corrected chi connectivity index (χ1v) is 2.80. The molecule has 9 heavy (non-hydrogen) atoms. The van der Waals surface area contributed by atoms with Gasteiger partial charge in [-0.2, -0.15) is 0 Å². The minimum absolute atomic E-state index is 0.456. The number of hydrogen-bond donors (Lipinski definition) is 3. The second kappa shape index (κ2) is 4.03. The summed E-state index contributed by atoms with van der Waals surface area (Å²) in [6.07, 6.45) is 0.863. The highest BCUT2D eigenvalue weighted by Crippen LogP contribution is 2.03. The van der Waals surface area contributed by atoms with Crippen molar-refractivity contribution in [2.24, 2.45) is 11.0 Å². The number of rotatable bonds is 3. The fourth-order valence-electron chi connectivity index (χ4n) is 0.418. The van der Waals surface area contributed by atoms with Crippen molar-refractivity contribution in [1.29, 1.82) is 5.53 Å². The maximum Gasteiger partial charge on any atom is 0.160 e. The van der Waals surface area contributed by atoms with E-state index < -0.39 is 0 Å². The van der Waals surface area contributed by atoms with Gasteiger partial charge in [-0.05, 0) is 18.9 Å². The molecule has 0 aromatic heterocycles. The van der Waals surface area contributed by atoms with Crippen molar-refractivity contribution in [3.8, 4) is 0 Å². The van der Waals surface area contributed by atoms with E-state index in [1.165, 1.54) is 0 Å². The van der Waals surface area contributed by atoms with Crippen LogP contribution in [0.2, 0.25) is 0 Å². The molecule has 0 aromatic carbocycles. The molecule has 0 rings (SSSR count). The lowest BCUT2D eigenvalue weighted by Gasteiger charge is -2.00. The molecular weight excluding hydrogens is 116 g/mol. The molecule has 0 amide bonds. The number of hydrogen-bond acceptors (Lipinski definition) is 4. The lowest BCUT2D eigenvalue weighted by Crippen LogP contribution is -2.20. The molecule has 0 aliphatic carbocycles. The summed E-state index contributed by atoms with van der Waals surface area (Å²) in [6.45, 7) is 3.87. The van der Waals surface area contributed by atoms with Crippen molar-refractivity contribution in [3.63, 3.8) is 0 Å². The van der Waals surface area contributed by atoms with Crippen LogP contribution < -0.4 is 11.3 Å². The number of allylic oxidation sites excluding steroid dienone is 1. The van der Waals surface area contributed by atoms with E-state index in [0.717, 1.165) is 12.0 Å². The lowest BCUT2D eigenvalue weighted by molar-refractivity contribution is 0.793. The molecule has 0 spiro atoms. The van der Waals surface area contributed by atoms with Gasteiger partial charge < -0.3 is 5.43 Å². The van der Waals surface area contributed by atoms with Crippen LogP contribution in [0.25, 0.3) is 0 Å². The van der Waals surface area contributed by atoms with E-state index in [1.54, 1.807) is 0 Å². The van der Waals surface area contributed by atoms with E-state index in [2.05, 4.69) is 10.5 Å². The Morgan fingerprint density at radius 1 is 1.78 bits per heavy atom. The van der Waals surface area contributed by atoms with Gasteiger partial charge in [-0.3, -0.25) is 0 Å². The van der Waals surface area contributed by atoms with Crippen molar-refractivity contribution in [3.05, 3.63) is 11.4 Å². The average Bonchev–Trinajstić information content (AvgIpc) is 1.90. The first-order chi connectivity index (χ1) is 4.26. The van der Waals surface area contributed by atoms with Gasteiger partial charge in [-0.1, -0.05) is 6.92 Å². The largest absolute Gasteiger partial charge is 0.307 e. The van der Waals surface area contributed by atoms with Gasteiger partial charge in [-0.25, -0.2) is 11.4 Å². The predicted octanol–water partition coefficient (Wildman–Crippen LogP) is 1.12. The molecule has 0 saturated carbocycles. The Balaban J connectivity index is 4.18. The third kappa shape index (κ3) is 2.23. The molecule has 0 aromatic rings. The van der Waals surface area contributed by atoms with Gasteiger partial charge in [0.05, 0.1) is 0 Å². The molecule has 0 unspecified atom stereocenters. The first-order valence-electron chi connectivity index (χ1n) is 2.80. The Kier molecular flexibility index (Phi) is 3.62. The Hall–Kier alpha value is -0.900. The van der Waals surface area contributed by atoms with E-state index in [0.29, 0.717) is 5.82 Å². The minimum Gasteiger partial charge on any atom is -0.307 e. The van der Waals surface area contributed by atoms with Crippen molar-refractivity contribution in [2.45, 2.75) is 20.3 Å². The fourth-order valence-corrected chi connectivity index (χ4v) is 0.418. The van der Waals surface area contributed by atoms with Crippen molar-refractivity contribution in [1.82, 2.24) is 5.43 Å². The fraction of sp³-hybridized carbons (Fsp3) is 0.600. The maximum absolute atomic E-state index is 6.62. The first kappa shape index (κ1) is 8.10. The monoisotopic (exact) mass is 128 g/mol. The number of nitrogens with two attached hydrogens (primary N) is 1. The zero-order valence-electron chi connectivity index (χ0n) is 5.73. The third-order valence-corrected chi connectivity index (χ3v) is 1.18. The molecular formula is C5H12N4. The molecule has 0 heterocycles. The Morgan fingerprint density at radius 2 is 2.33 bits per heavy atom. The zero-order chi connectivity index (χ0) is 7.28. The Bertz CT molecular complexity index is 127. The molecule has 0 fully saturated rings. The quantitative estimate of drug-likeness (QED) is 0.302. The van der Waals surface area contributed by atoms with Gasteiger partial charge in [0.25, 0.3) is 0 Å². The van der Waals surface area contributed by atoms with Crippen LogP contribution in [-0.2, 0) is 0 Å². The highest BCUT2D eigenvalue weighted by Gasteiger charge is 1.93. The number of nitrogens with one attached hydrogen (secondary N) is 2. The van der Waals surface area contributed by atoms with Gasteiger partial charge in [-0.15, -0.1) is 5.11 Å². The summed E-state index contributed by atoms with van der Waals surface area (Å²) < 4.78 is 0. The molecule has 0 radical (unpaired) electrons. The topological polar surface area (TPSA) is 74.3 Å². The van der Waals surface area contributed by atoms with Gasteiger partial charge in [0.2, 0.25) is 0 Å². The summed E-state index contributed by atoms with van der Waals surface area (Å²) in [7, 11) is 0. The SMILES string of the molecule is CC/C(C)=C(/N=N)NN. The smallest absolute Gasteiger partial charge is 0.160 e. The summed E-state index contributed by atoms with van der Waals surface area (Å²) in [5, 5.41) is 3.17. The summed E-state index contributed by atoms with van der Waals surface area (Å²) in [5.74, 6) is 5.49. The summed E-state index contributed by atoms with van der Waals surface area (Å²) >= 11 is 0. The van der Waals surface area contributed by atoms with Crippen LogP contribution in [-0.4, -0.2) is 0 Å². The molecule has 52 valence electrons. The molecule has 0 aliphatic rings. The molecule has 4 heteroatoms. The van der Waals surface area contributed by atoms with Gasteiger partial charge in [0.15, 0.2) is 5.82 Å². The van der Waals surface area contributed by atoms with Crippen LogP contribution in [0.3, 0.4) is 0 Å². The summed E-state index contributed by atoms with van der Waals surface area (Å²) in [4.78, 5) is 0. The van der Waals surface area contributed by atoms with Crippen molar-refractivity contribution < 1.29 is 0 Å². The second-order valence-electron chi connectivity index (χ2n) is 1.74. The highest BCUT2D eigenvalue weighted by molar-refractivity contribution is 5.05. The van der Waals surface area contributed by atoms with Crippen molar-refractivity contribution >= 4 is 0 Å². The third-order valence-electron chi connectivity index (χ3n) is 1.18. The van der Waals surface area contributed by atoms with Gasteiger partial charge in [0.1, 0.15) is 0 Å². The normalized spacial score (nSPS) is 12.3. The number of hydrazine groups is 1. The van der Waals surface area contributed by atoms with Crippen LogP contribution in [0, 0.1) is 5.53 Å². The van der Waals surface area contributed by atoms with Gasteiger partial charge >= 0.3 is 0 Å². The van der Waals surface area contributed by atoms with E-state index in [-0.39, 0.29) is 0 Å². The Morgan fingerprint density at radius 3 is 2.44 bits per heavy atom. The van der Waals surface area contributed by atoms with Crippen LogP contribution >= 0.6 is 0 Å². The molecule has 4 nitrogen and oxygen atoms in total. The highest BCUT2D eigenvalue weighted by atomic mass is 15.3. The van der Waals surface area contributed by atoms with Crippen LogP contribution in [0.15, 0.2) is 16.5 Å². The molecule has 4 N–H and O–H groups in total. The maximum atomic E-state index is 6.62. The zero-order valence-corrected chi connectivity index (χ0v) is 5.73. The van der Waals surface area contributed by atoms with Crippen LogP contribution in [0.1, 0.15) is 20.3 Å². The van der Waals surface area contributed by atoms with Crippen LogP contribution in [0.4, 0.5) is 0 Å². The van der Waals surface area contributed by atoms with E-state index in [4.69, 9.17) is 11.4 Å². The molecule has 0 saturated heterocycles. The Labute approximate surface area is 54.6 Å².